The zero-order chi connectivity index (χ0) is 20.2. The number of carbonyl (C=O) groups excluding carboxylic acids is 1. The maximum Gasteiger partial charge on any atom is 0.259 e. The van der Waals surface area contributed by atoms with Crippen LogP contribution in [0.25, 0.3) is 11.1 Å². The van der Waals surface area contributed by atoms with Crippen molar-refractivity contribution in [2.75, 3.05) is 36.5 Å². The van der Waals surface area contributed by atoms with Crippen molar-refractivity contribution in [1.29, 1.82) is 0 Å². The molecule has 0 atom stereocenters. The normalized spacial score (nSPS) is 13.9. The summed E-state index contributed by atoms with van der Waals surface area (Å²) >= 11 is 0. The molecule has 0 aromatic heterocycles. The number of amides is 1. The Labute approximate surface area is 170 Å². The molecule has 3 aromatic rings. The van der Waals surface area contributed by atoms with Crippen molar-refractivity contribution in [3.63, 3.8) is 0 Å². The lowest BCUT2D eigenvalue weighted by Crippen LogP contribution is -2.36. The second-order valence-electron chi connectivity index (χ2n) is 7.21. The monoisotopic (exact) mass is 388 g/mol. The molecule has 1 aliphatic rings. The number of phenols is 1. The molecule has 5 heteroatoms. The van der Waals surface area contributed by atoms with Crippen molar-refractivity contribution in [2.45, 2.75) is 6.92 Å². The van der Waals surface area contributed by atoms with Gasteiger partial charge in [-0.1, -0.05) is 42.0 Å². The number of carbonyl (C=O) groups is 1. The molecule has 5 nitrogen and oxygen atoms in total. The van der Waals surface area contributed by atoms with Crippen LogP contribution in [0.4, 0.5) is 11.4 Å². The minimum Gasteiger partial charge on any atom is -0.507 e. The van der Waals surface area contributed by atoms with Crippen LogP contribution in [-0.2, 0) is 4.74 Å². The van der Waals surface area contributed by atoms with E-state index in [9.17, 15) is 9.90 Å². The number of hydrogen-bond acceptors (Lipinski definition) is 4. The number of ether oxygens (including phenoxy) is 1. The van der Waals surface area contributed by atoms with Crippen molar-refractivity contribution in [3.8, 4) is 16.9 Å². The Morgan fingerprint density at radius 1 is 0.966 bits per heavy atom. The summed E-state index contributed by atoms with van der Waals surface area (Å²) in [4.78, 5) is 15.0. The van der Waals surface area contributed by atoms with Crippen LogP contribution < -0.4 is 10.2 Å². The van der Waals surface area contributed by atoms with Crippen LogP contribution >= 0.6 is 0 Å². The van der Waals surface area contributed by atoms with Crippen LogP contribution in [0.1, 0.15) is 15.9 Å². The molecular formula is C24H24N2O3. The number of phenolic OH excluding ortho intramolecular Hbond substituents is 1. The molecule has 0 aliphatic carbocycles. The van der Waals surface area contributed by atoms with E-state index in [-0.39, 0.29) is 17.2 Å². The zero-order valence-electron chi connectivity index (χ0n) is 16.4. The van der Waals surface area contributed by atoms with Gasteiger partial charge in [0.1, 0.15) is 5.75 Å². The molecule has 4 rings (SSSR count). The Hall–Kier alpha value is -3.31. The number of morpholine rings is 1. The zero-order valence-corrected chi connectivity index (χ0v) is 16.4. The fourth-order valence-electron chi connectivity index (χ4n) is 3.52. The summed E-state index contributed by atoms with van der Waals surface area (Å²) in [6.07, 6.45) is 0. The first-order valence-corrected chi connectivity index (χ1v) is 9.74. The Balaban J connectivity index is 1.56. The van der Waals surface area contributed by atoms with Gasteiger partial charge in [0.15, 0.2) is 0 Å². The first kappa shape index (κ1) is 19.0. The second kappa shape index (κ2) is 8.37. The maximum absolute atomic E-state index is 12.9. The van der Waals surface area contributed by atoms with Gasteiger partial charge >= 0.3 is 0 Å². The molecule has 29 heavy (non-hydrogen) atoms. The predicted molar refractivity (Wildman–Crippen MR) is 116 cm³/mol. The van der Waals surface area contributed by atoms with Gasteiger partial charge in [0.25, 0.3) is 5.91 Å². The minimum atomic E-state index is -0.334. The van der Waals surface area contributed by atoms with Gasteiger partial charge in [-0.15, -0.1) is 0 Å². The van der Waals surface area contributed by atoms with Crippen LogP contribution in [0.15, 0.2) is 66.7 Å². The smallest absolute Gasteiger partial charge is 0.259 e. The molecule has 0 unspecified atom stereocenters. The summed E-state index contributed by atoms with van der Waals surface area (Å²) in [5.74, 6) is -0.367. The van der Waals surface area contributed by atoms with E-state index < -0.39 is 0 Å². The first-order chi connectivity index (χ1) is 14.1. The van der Waals surface area contributed by atoms with Crippen molar-refractivity contribution in [2.24, 2.45) is 0 Å². The second-order valence-corrected chi connectivity index (χ2v) is 7.21. The molecular weight excluding hydrogens is 364 g/mol. The van der Waals surface area contributed by atoms with Crippen LogP contribution in [0, 0.1) is 6.92 Å². The van der Waals surface area contributed by atoms with Gasteiger partial charge in [-0.05, 0) is 48.4 Å². The van der Waals surface area contributed by atoms with Crippen molar-refractivity contribution in [3.05, 3.63) is 77.9 Å². The summed E-state index contributed by atoms with van der Waals surface area (Å²) < 4.78 is 5.39. The number of benzene rings is 3. The maximum atomic E-state index is 12.9. The Kier molecular flexibility index (Phi) is 5.49. The largest absolute Gasteiger partial charge is 0.507 e. The van der Waals surface area contributed by atoms with Gasteiger partial charge < -0.3 is 20.1 Å². The van der Waals surface area contributed by atoms with Crippen molar-refractivity contribution >= 4 is 17.3 Å². The molecule has 1 fully saturated rings. The molecule has 1 saturated heterocycles. The highest BCUT2D eigenvalue weighted by atomic mass is 16.5. The lowest BCUT2D eigenvalue weighted by Gasteiger charge is -2.29. The van der Waals surface area contributed by atoms with E-state index in [1.807, 2.05) is 42.5 Å². The fraction of sp³-hybridized carbons (Fsp3) is 0.208. The number of nitrogens with one attached hydrogen (secondary N) is 1. The minimum absolute atomic E-state index is 0.0330. The highest BCUT2D eigenvalue weighted by molar-refractivity contribution is 6.07. The van der Waals surface area contributed by atoms with Gasteiger partial charge in [-0.3, -0.25) is 4.79 Å². The van der Waals surface area contributed by atoms with E-state index in [0.29, 0.717) is 18.9 Å². The summed E-state index contributed by atoms with van der Waals surface area (Å²) in [6.45, 7) is 4.91. The van der Waals surface area contributed by atoms with E-state index in [0.717, 1.165) is 29.9 Å². The summed E-state index contributed by atoms with van der Waals surface area (Å²) in [7, 11) is 0. The van der Waals surface area contributed by atoms with E-state index in [2.05, 4.69) is 29.3 Å². The topological polar surface area (TPSA) is 61.8 Å². The van der Waals surface area contributed by atoms with Crippen LogP contribution in [0.2, 0.25) is 0 Å². The molecule has 3 aromatic carbocycles. The Bertz CT molecular complexity index is 1030. The number of hydrogen-bond donors (Lipinski definition) is 2. The summed E-state index contributed by atoms with van der Waals surface area (Å²) in [5.41, 5.74) is 5.16. The van der Waals surface area contributed by atoms with E-state index in [1.165, 1.54) is 5.56 Å². The van der Waals surface area contributed by atoms with Gasteiger partial charge in [0, 0.05) is 24.5 Å². The third-order valence-corrected chi connectivity index (χ3v) is 5.07. The number of nitrogens with zero attached hydrogens (tertiary/aromatic N) is 1. The van der Waals surface area contributed by atoms with Gasteiger partial charge in [0.2, 0.25) is 0 Å². The number of aromatic hydroxyl groups is 1. The number of aryl methyl sites for hydroxylation is 1. The number of anilines is 2. The van der Waals surface area contributed by atoms with Crippen molar-refractivity contribution in [1.82, 2.24) is 0 Å². The molecule has 2 N–H and O–H groups in total. The average Bonchev–Trinajstić information content (AvgIpc) is 2.75. The molecule has 1 heterocycles. The van der Waals surface area contributed by atoms with Gasteiger partial charge in [-0.2, -0.15) is 0 Å². The summed E-state index contributed by atoms with van der Waals surface area (Å²) in [5, 5.41) is 13.2. The quantitative estimate of drug-likeness (QED) is 0.693. The highest BCUT2D eigenvalue weighted by Gasteiger charge is 2.17. The molecule has 1 aliphatic heterocycles. The Morgan fingerprint density at radius 3 is 2.45 bits per heavy atom. The number of rotatable bonds is 4. The molecule has 0 saturated carbocycles. The van der Waals surface area contributed by atoms with E-state index >= 15 is 0 Å². The van der Waals surface area contributed by atoms with E-state index in [1.54, 1.807) is 12.1 Å². The fourth-order valence-corrected chi connectivity index (χ4v) is 3.52. The lowest BCUT2D eigenvalue weighted by molar-refractivity contribution is 0.102. The van der Waals surface area contributed by atoms with Crippen molar-refractivity contribution < 1.29 is 14.6 Å². The highest BCUT2D eigenvalue weighted by Crippen LogP contribution is 2.27. The van der Waals surface area contributed by atoms with Crippen LogP contribution in [0.5, 0.6) is 5.75 Å². The molecule has 0 radical (unpaired) electrons. The predicted octanol–water partition coefficient (Wildman–Crippen LogP) is 4.46. The average molecular weight is 388 g/mol. The molecule has 1 amide bonds. The lowest BCUT2D eigenvalue weighted by atomic mass is 10.0. The molecule has 0 spiro atoms. The molecule has 148 valence electrons. The van der Waals surface area contributed by atoms with Crippen LogP contribution in [0.3, 0.4) is 0 Å². The van der Waals surface area contributed by atoms with Gasteiger partial charge in [0.05, 0.1) is 18.8 Å². The third kappa shape index (κ3) is 4.41. The van der Waals surface area contributed by atoms with E-state index in [4.69, 9.17) is 4.74 Å². The van der Waals surface area contributed by atoms with Gasteiger partial charge in [-0.25, -0.2) is 0 Å². The third-order valence-electron chi connectivity index (χ3n) is 5.07. The summed E-state index contributed by atoms with van der Waals surface area (Å²) in [6, 6.07) is 21.1. The van der Waals surface area contributed by atoms with Crippen LogP contribution in [-0.4, -0.2) is 37.3 Å². The molecule has 0 bridgehead atoms. The SMILES string of the molecule is Cc1cccc(-c2cccc(NC(=O)c3cc(N4CCOCC4)ccc3O)c2)c1. The first-order valence-electron chi connectivity index (χ1n) is 9.74. The standard InChI is InChI=1S/C24H24N2O3/c1-17-4-2-5-18(14-17)19-6-3-7-20(15-19)25-24(28)22-16-21(8-9-23(22)27)26-10-12-29-13-11-26/h2-9,14-16,27H,10-13H2,1H3,(H,25,28). The Morgan fingerprint density at radius 2 is 1.69 bits per heavy atom.